The van der Waals surface area contributed by atoms with Crippen LogP contribution in [-0.2, 0) is 0 Å². The van der Waals surface area contributed by atoms with Gasteiger partial charge in [0.25, 0.3) is 0 Å². The summed E-state index contributed by atoms with van der Waals surface area (Å²) in [4.78, 5) is 11.3. The fraction of sp³-hybridized carbons (Fsp3) is 0. The summed E-state index contributed by atoms with van der Waals surface area (Å²) < 4.78 is 10.1. The van der Waals surface area contributed by atoms with E-state index in [1.165, 1.54) is 66.9 Å². The monoisotopic (exact) mass is 864 g/mol. The summed E-state index contributed by atoms with van der Waals surface area (Å²) in [6.45, 7) is 0. The molecule has 1 aliphatic rings. The van der Waals surface area contributed by atoms with Crippen LogP contribution in [0, 0.1) is 0 Å². The second-order valence-corrected chi connectivity index (χ2v) is 24.2. The van der Waals surface area contributed by atoms with Crippen molar-refractivity contribution in [1.82, 2.24) is 19.1 Å². The third kappa shape index (κ3) is 5.28. The van der Waals surface area contributed by atoms with E-state index in [4.69, 9.17) is 9.97 Å². The van der Waals surface area contributed by atoms with Crippen LogP contribution in [0.15, 0.2) is 231 Å². The molecule has 3 aromatic heterocycles. The van der Waals surface area contributed by atoms with Gasteiger partial charge in [-0.1, -0.05) is 36.4 Å². The minimum atomic E-state index is -3.67. The van der Waals surface area contributed by atoms with E-state index in [0.29, 0.717) is 0 Å². The summed E-state index contributed by atoms with van der Waals surface area (Å²) >= 11 is -3.67. The Balaban J connectivity index is 1.03. The molecule has 9 aromatic carbocycles. The maximum atomic E-state index is 5.78. The summed E-state index contributed by atoms with van der Waals surface area (Å²) in [5, 5.41) is 4.92. The number of aromatic nitrogens is 4. The predicted molar refractivity (Wildman–Crippen MR) is 264 cm³/mol. The molecule has 0 bridgehead atoms. The third-order valence-corrected chi connectivity index (χ3v) is 23.1. The number of para-hydroxylation sites is 3. The fourth-order valence-electron chi connectivity index (χ4n) is 10.5. The van der Waals surface area contributed by atoms with Gasteiger partial charge < -0.3 is 4.57 Å². The van der Waals surface area contributed by atoms with Crippen molar-refractivity contribution in [3.05, 3.63) is 231 Å². The van der Waals surface area contributed by atoms with Crippen LogP contribution in [0.2, 0.25) is 0 Å². The Labute approximate surface area is 367 Å². The van der Waals surface area contributed by atoms with Crippen molar-refractivity contribution in [3.8, 4) is 45.1 Å². The van der Waals surface area contributed by atoms with Gasteiger partial charge in [-0.25, -0.2) is 0 Å². The van der Waals surface area contributed by atoms with Gasteiger partial charge in [0.1, 0.15) is 0 Å². The molecule has 0 amide bonds. The van der Waals surface area contributed by atoms with E-state index in [2.05, 4.69) is 240 Å². The Morgan fingerprint density at radius 2 is 0.825 bits per heavy atom. The topological polar surface area (TPSA) is 35.6 Å². The van der Waals surface area contributed by atoms with E-state index in [0.717, 1.165) is 39.6 Å². The van der Waals surface area contributed by atoms with Crippen molar-refractivity contribution in [2.75, 3.05) is 0 Å². The van der Waals surface area contributed by atoms with Crippen LogP contribution in [-0.4, -0.2) is 32.4 Å². The Hall–Kier alpha value is -7.80. The number of hydrogen-bond donors (Lipinski definition) is 0. The van der Waals surface area contributed by atoms with Gasteiger partial charge >= 0.3 is 299 Å². The summed E-state index contributed by atoms with van der Waals surface area (Å²) in [6.07, 6.45) is 0. The normalized spacial score (nSPS) is 12.9. The second kappa shape index (κ2) is 14.1. The van der Waals surface area contributed by atoms with Crippen molar-refractivity contribution < 1.29 is 0 Å². The molecule has 294 valence electrons. The van der Waals surface area contributed by atoms with E-state index < -0.39 is 13.3 Å². The van der Waals surface area contributed by atoms with Crippen LogP contribution in [0.25, 0.3) is 88.8 Å². The Bertz CT molecular complexity index is 3670. The molecule has 12 aromatic rings. The van der Waals surface area contributed by atoms with Gasteiger partial charge in [0, 0.05) is 5.69 Å². The van der Waals surface area contributed by atoms with E-state index in [1.807, 2.05) is 0 Å². The Kier molecular flexibility index (Phi) is 8.05. The Morgan fingerprint density at radius 1 is 0.349 bits per heavy atom. The molecule has 4 nitrogen and oxygen atoms in total. The molecule has 0 N–H and O–H groups in total. The van der Waals surface area contributed by atoms with Crippen molar-refractivity contribution in [1.29, 1.82) is 0 Å². The number of hydrogen-bond acceptors (Lipinski definition) is 2. The summed E-state index contributed by atoms with van der Waals surface area (Å²) in [6, 6.07) is 84.0. The van der Waals surface area contributed by atoms with Gasteiger partial charge in [-0.3, -0.25) is 0 Å². The van der Waals surface area contributed by atoms with Crippen molar-refractivity contribution >= 4 is 74.6 Å². The van der Waals surface area contributed by atoms with Gasteiger partial charge in [0.15, 0.2) is 0 Å². The molecule has 5 heteroatoms. The molecule has 0 saturated carbocycles. The van der Waals surface area contributed by atoms with Gasteiger partial charge in [0.05, 0.1) is 5.52 Å². The average molecular weight is 864 g/mol. The van der Waals surface area contributed by atoms with Crippen LogP contribution in [0.1, 0.15) is 0 Å². The molecule has 0 atom stereocenters. The first kappa shape index (κ1) is 35.9. The number of benzene rings is 9. The average Bonchev–Trinajstić information content (AvgIpc) is 3.98. The minimum absolute atomic E-state index is 0.742. The Morgan fingerprint density at radius 3 is 1.41 bits per heavy atom. The SMILES string of the molecule is c1ccc(-c2nc(-c3ccc(-n4c5ccccc5c5cc6c(cc54)c4ccccc4n6-c4ccccc4)cc3)n[c]3c2-c2cccc[c]2[Ge]3([c]2ccccc2)[c]2ccccc2)cc1. The van der Waals surface area contributed by atoms with Crippen LogP contribution in [0.3, 0.4) is 0 Å². The van der Waals surface area contributed by atoms with E-state index in [9.17, 15) is 0 Å². The van der Waals surface area contributed by atoms with E-state index in [-0.39, 0.29) is 0 Å². The quantitative estimate of drug-likeness (QED) is 0.156. The first-order chi connectivity index (χ1) is 31.3. The van der Waals surface area contributed by atoms with Gasteiger partial charge in [-0.05, 0) is 18.2 Å². The number of fused-ring (bicyclic) bond motifs is 9. The molecule has 0 spiro atoms. The van der Waals surface area contributed by atoms with Crippen LogP contribution >= 0.6 is 0 Å². The van der Waals surface area contributed by atoms with Crippen molar-refractivity contribution in [3.63, 3.8) is 0 Å². The second-order valence-electron chi connectivity index (χ2n) is 16.5. The molecule has 0 aliphatic carbocycles. The van der Waals surface area contributed by atoms with Gasteiger partial charge in [-0.2, -0.15) is 0 Å². The molecule has 4 heterocycles. The zero-order valence-electron chi connectivity index (χ0n) is 34.2. The summed E-state index contributed by atoms with van der Waals surface area (Å²) in [7, 11) is 0. The first-order valence-electron chi connectivity index (χ1n) is 21.6. The molecule has 63 heavy (non-hydrogen) atoms. The van der Waals surface area contributed by atoms with Crippen molar-refractivity contribution in [2.24, 2.45) is 0 Å². The van der Waals surface area contributed by atoms with Crippen molar-refractivity contribution in [2.45, 2.75) is 0 Å². The summed E-state index contributed by atoms with van der Waals surface area (Å²) in [5.74, 6) is 0.742. The van der Waals surface area contributed by atoms with Gasteiger partial charge in [0.2, 0.25) is 0 Å². The molecule has 0 saturated heterocycles. The van der Waals surface area contributed by atoms with E-state index in [1.54, 1.807) is 0 Å². The molecule has 0 fully saturated rings. The molecule has 0 unspecified atom stereocenters. The molecule has 13 rings (SSSR count). The molecule has 1 aliphatic heterocycles. The van der Waals surface area contributed by atoms with Crippen LogP contribution < -0.4 is 17.7 Å². The molecular weight excluding hydrogens is 825 g/mol. The summed E-state index contributed by atoms with van der Waals surface area (Å²) in [5.41, 5.74) is 12.5. The first-order valence-corrected chi connectivity index (χ1v) is 25.8. The van der Waals surface area contributed by atoms with Crippen LogP contribution in [0.4, 0.5) is 0 Å². The maximum absolute atomic E-state index is 5.78. The predicted octanol–water partition coefficient (Wildman–Crippen LogP) is 11.4. The fourth-order valence-corrected chi connectivity index (χ4v) is 21.0. The van der Waals surface area contributed by atoms with E-state index >= 15 is 0 Å². The number of nitrogens with zero attached hydrogens (tertiary/aromatic N) is 4. The zero-order chi connectivity index (χ0) is 41.5. The zero-order valence-corrected chi connectivity index (χ0v) is 36.3. The molecule has 0 radical (unpaired) electrons. The third-order valence-electron chi connectivity index (χ3n) is 13.2. The standard InChI is InChI=1S/C58H38GeN4/c1-5-19-39(20-6-1)56-55-47-29-13-16-30-50(47)59(41-21-7-2-8-22-41,42-23-9-3-10-24-42)57(55)61-58(60-56)40-33-35-44(36-34-40)63-52-32-18-15-28-46(52)49-37-53-48(38-54(49)63)45-27-14-17-31-51(45)62(53)43-25-11-4-12-26-43/h1-38H. The number of rotatable bonds is 6. The molecular formula is C58H38GeN4. The van der Waals surface area contributed by atoms with Crippen LogP contribution in [0.5, 0.6) is 0 Å². The van der Waals surface area contributed by atoms with Gasteiger partial charge in [-0.15, -0.1) is 0 Å².